The van der Waals surface area contributed by atoms with Gasteiger partial charge in [0.25, 0.3) is 0 Å². The molecule has 1 N–H and O–H groups in total. The minimum Gasteiger partial charge on any atom is -0.364 e. The fourth-order valence-electron chi connectivity index (χ4n) is 1.86. The standard InChI is InChI=1S/C10H12N2/c11-6-8-5-9-3-1-2-4-10(9)12-7-8/h7,12H,1-5H2. The van der Waals surface area contributed by atoms with Gasteiger partial charge in [-0.15, -0.1) is 0 Å². The molecule has 0 spiro atoms. The first kappa shape index (κ1) is 7.42. The maximum Gasteiger partial charge on any atom is 0.0965 e. The minimum absolute atomic E-state index is 0.871. The molecule has 12 heavy (non-hydrogen) atoms. The van der Waals surface area contributed by atoms with Gasteiger partial charge >= 0.3 is 0 Å². The van der Waals surface area contributed by atoms with E-state index in [2.05, 4.69) is 11.4 Å². The van der Waals surface area contributed by atoms with Crippen molar-refractivity contribution < 1.29 is 0 Å². The summed E-state index contributed by atoms with van der Waals surface area (Å²) in [6.45, 7) is 0. The van der Waals surface area contributed by atoms with Crippen molar-refractivity contribution >= 4 is 0 Å². The van der Waals surface area contributed by atoms with E-state index in [-0.39, 0.29) is 0 Å². The van der Waals surface area contributed by atoms with Gasteiger partial charge in [-0.2, -0.15) is 5.26 Å². The molecule has 0 saturated carbocycles. The third-order valence-electron chi connectivity index (χ3n) is 2.55. The molecule has 1 heterocycles. The highest BCUT2D eigenvalue weighted by molar-refractivity contribution is 5.35. The van der Waals surface area contributed by atoms with Gasteiger partial charge in [-0.3, -0.25) is 0 Å². The quantitative estimate of drug-likeness (QED) is 0.589. The normalized spacial score (nSPS) is 22.1. The van der Waals surface area contributed by atoms with Crippen LogP contribution in [0.15, 0.2) is 23.0 Å². The zero-order valence-corrected chi connectivity index (χ0v) is 7.06. The number of dihydropyridines is 1. The molecule has 0 aromatic heterocycles. The third kappa shape index (κ3) is 1.23. The van der Waals surface area contributed by atoms with E-state index in [4.69, 9.17) is 5.26 Å². The first-order valence-corrected chi connectivity index (χ1v) is 4.47. The highest BCUT2D eigenvalue weighted by atomic mass is 14.9. The summed E-state index contributed by atoms with van der Waals surface area (Å²) in [5, 5.41) is 11.9. The Bertz CT molecular complexity index is 291. The molecule has 0 aromatic carbocycles. The van der Waals surface area contributed by atoms with Gasteiger partial charge in [0.15, 0.2) is 0 Å². The maximum absolute atomic E-state index is 8.70. The predicted octanol–water partition coefficient (Wildman–Crippen LogP) is 2.22. The van der Waals surface area contributed by atoms with Crippen LogP contribution in [0.3, 0.4) is 0 Å². The molecular formula is C10H12N2. The average molecular weight is 160 g/mol. The van der Waals surface area contributed by atoms with E-state index < -0.39 is 0 Å². The van der Waals surface area contributed by atoms with Gasteiger partial charge in [0.1, 0.15) is 0 Å². The van der Waals surface area contributed by atoms with Crippen molar-refractivity contribution in [2.75, 3.05) is 0 Å². The summed E-state index contributed by atoms with van der Waals surface area (Å²) in [6.07, 6.45) is 7.68. The lowest BCUT2D eigenvalue weighted by atomic mass is 9.90. The first-order chi connectivity index (χ1) is 5.90. The summed E-state index contributed by atoms with van der Waals surface area (Å²) >= 11 is 0. The van der Waals surface area contributed by atoms with Crippen LogP contribution in [0.25, 0.3) is 0 Å². The Hall–Kier alpha value is -1.23. The first-order valence-electron chi connectivity index (χ1n) is 4.47. The van der Waals surface area contributed by atoms with Crippen molar-refractivity contribution in [1.82, 2.24) is 5.32 Å². The Balaban J connectivity index is 2.16. The topological polar surface area (TPSA) is 35.8 Å². The molecule has 2 rings (SSSR count). The van der Waals surface area contributed by atoms with Gasteiger partial charge in [0, 0.05) is 23.9 Å². The van der Waals surface area contributed by atoms with E-state index in [1.807, 2.05) is 6.20 Å². The Morgan fingerprint density at radius 3 is 3.00 bits per heavy atom. The molecule has 1 aliphatic heterocycles. The highest BCUT2D eigenvalue weighted by Crippen LogP contribution is 2.29. The zero-order valence-electron chi connectivity index (χ0n) is 7.06. The van der Waals surface area contributed by atoms with Crippen LogP contribution in [0.2, 0.25) is 0 Å². The van der Waals surface area contributed by atoms with Crippen LogP contribution in [0.5, 0.6) is 0 Å². The van der Waals surface area contributed by atoms with E-state index >= 15 is 0 Å². The fraction of sp³-hybridized carbons (Fsp3) is 0.500. The van der Waals surface area contributed by atoms with Crippen LogP contribution in [-0.2, 0) is 0 Å². The Labute approximate surface area is 72.6 Å². The molecule has 62 valence electrons. The smallest absolute Gasteiger partial charge is 0.0965 e. The summed E-state index contributed by atoms with van der Waals surface area (Å²) in [4.78, 5) is 0. The molecule has 0 atom stereocenters. The molecule has 0 saturated heterocycles. The number of hydrogen-bond donors (Lipinski definition) is 1. The summed E-state index contributed by atoms with van der Waals surface area (Å²) in [5.41, 5.74) is 3.70. The maximum atomic E-state index is 8.70. The van der Waals surface area contributed by atoms with Crippen LogP contribution in [-0.4, -0.2) is 0 Å². The van der Waals surface area contributed by atoms with Crippen molar-refractivity contribution in [2.45, 2.75) is 32.1 Å². The van der Waals surface area contributed by atoms with Crippen molar-refractivity contribution in [2.24, 2.45) is 0 Å². The molecular weight excluding hydrogens is 148 g/mol. The van der Waals surface area contributed by atoms with Crippen LogP contribution >= 0.6 is 0 Å². The second kappa shape index (κ2) is 3.02. The van der Waals surface area contributed by atoms with E-state index in [1.165, 1.54) is 37.0 Å². The van der Waals surface area contributed by atoms with Gasteiger partial charge in [0.05, 0.1) is 6.07 Å². The molecule has 2 heteroatoms. The Kier molecular flexibility index (Phi) is 1.87. The van der Waals surface area contributed by atoms with Crippen molar-refractivity contribution in [3.05, 3.63) is 23.0 Å². The van der Waals surface area contributed by atoms with Crippen molar-refractivity contribution in [1.29, 1.82) is 5.26 Å². The minimum atomic E-state index is 0.871. The molecule has 0 bridgehead atoms. The van der Waals surface area contributed by atoms with Gasteiger partial charge in [0.2, 0.25) is 0 Å². The second-order valence-corrected chi connectivity index (χ2v) is 3.39. The number of allylic oxidation sites excluding steroid dienone is 3. The average Bonchev–Trinajstić information content (AvgIpc) is 2.17. The van der Waals surface area contributed by atoms with Gasteiger partial charge in [-0.05, 0) is 31.3 Å². The molecule has 0 radical (unpaired) electrons. The van der Waals surface area contributed by atoms with E-state index in [0.29, 0.717) is 0 Å². The number of rotatable bonds is 0. The van der Waals surface area contributed by atoms with Crippen LogP contribution in [0, 0.1) is 11.3 Å². The summed E-state index contributed by atoms with van der Waals surface area (Å²) in [5.74, 6) is 0. The number of nitrogens with one attached hydrogen (secondary N) is 1. The number of nitriles is 1. The molecule has 2 nitrogen and oxygen atoms in total. The van der Waals surface area contributed by atoms with Gasteiger partial charge in [-0.25, -0.2) is 0 Å². The largest absolute Gasteiger partial charge is 0.364 e. The lowest BCUT2D eigenvalue weighted by Crippen LogP contribution is -2.17. The third-order valence-corrected chi connectivity index (χ3v) is 2.55. The molecule has 0 aromatic rings. The van der Waals surface area contributed by atoms with Crippen LogP contribution in [0.4, 0.5) is 0 Å². The monoisotopic (exact) mass is 160 g/mol. The Morgan fingerprint density at radius 2 is 2.17 bits per heavy atom. The lowest BCUT2D eigenvalue weighted by Gasteiger charge is -2.23. The number of nitrogens with zero attached hydrogens (tertiary/aromatic N) is 1. The van der Waals surface area contributed by atoms with Crippen LogP contribution in [0.1, 0.15) is 32.1 Å². The van der Waals surface area contributed by atoms with Crippen LogP contribution < -0.4 is 5.32 Å². The molecule has 2 aliphatic rings. The highest BCUT2D eigenvalue weighted by Gasteiger charge is 2.16. The Morgan fingerprint density at radius 1 is 1.33 bits per heavy atom. The second-order valence-electron chi connectivity index (χ2n) is 3.39. The van der Waals surface area contributed by atoms with Crippen molar-refractivity contribution in [3.63, 3.8) is 0 Å². The summed E-state index contributed by atoms with van der Waals surface area (Å²) in [6, 6.07) is 2.20. The van der Waals surface area contributed by atoms with E-state index in [0.717, 1.165) is 12.0 Å². The molecule has 1 aliphatic carbocycles. The molecule has 0 unspecified atom stereocenters. The predicted molar refractivity (Wildman–Crippen MR) is 46.9 cm³/mol. The van der Waals surface area contributed by atoms with Gasteiger partial charge in [-0.1, -0.05) is 0 Å². The molecule has 0 amide bonds. The summed E-state index contributed by atoms with van der Waals surface area (Å²) < 4.78 is 0. The van der Waals surface area contributed by atoms with Crippen molar-refractivity contribution in [3.8, 4) is 6.07 Å². The molecule has 0 fully saturated rings. The lowest BCUT2D eigenvalue weighted by molar-refractivity contribution is 0.625. The SMILES string of the molecule is N#CC1=CNC2=C(CCCC2)C1. The van der Waals surface area contributed by atoms with E-state index in [9.17, 15) is 0 Å². The van der Waals surface area contributed by atoms with E-state index in [1.54, 1.807) is 0 Å². The van der Waals surface area contributed by atoms with Gasteiger partial charge < -0.3 is 5.32 Å². The zero-order chi connectivity index (χ0) is 8.39. The fourth-order valence-corrected chi connectivity index (χ4v) is 1.86. The summed E-state index contributed by atoms with van der Waals surface area (Å²) in [7, 11) is 0. The number of hydrogen-bond acceptors (Lipinski definition) is 2.